The lowest BCUT2D eigenvalue weighted by molar-refractivity contribution is 0.222. The predicted octanol–water partition coefficient (Wildman–Crippen LogP) is 4.13. The van der Waals surface area contributed by atoms with Gasteiger partial charge in [-0.2, -0.15) is 0 Å². The summed E-state index contributed by atoms with van der Waals surface area (Å²) in [6.45, 7) is 9.05. The van der Waals surface area contributed by atoms with E-state index >= 15 is 0 Å². The minimum atomic E-state index is 0.200. The summed E-state index contributed by atoms with van der Waals surface area (Å²) in [7, 11) is 0. The van der Waals surface area contributed by atoms with Crippen LogP contribution in [0.2, 0.25) is 0 Å². The molecule has 1 aromatic carbocycles. The Balaban J connectivity index is 2.27. The smallest absolute Gasteiger partial charge is 0.0328 e. The highest BCUT2D eigenvalue weighted by Gasteiger charge is 2.38. The molecule has 1 heteroatoms. The van der Waals surface area contributed by atoms with E-state index in [9.17, 15) is 0 Å². The first-order chi connectivity index (χ1) is 7.90. The fourth-order valence-electron chi connectivity index (χ4n) is 3.45. The molecule has 2 atom stereocenters. The van der Waals surface area contributed by atoms with Crippen molar-refractivity contribution in [3.05, 3.63) is 34.9 Å². The van der Waals surface area contributed by atoms with Crippen LogP contribution in [0.15, 0.2) is 18.2 Å². The number of benzene rings is 1. The maximum Gasteiger partial charge on any atom is 0.0328 e. The lowest BCUT2D eigenvalue weighted by atomic mass is 9.75. The van der Waals surface area contributed by atoms with Gasteiger partial charge in [0, 0.05) is 6.04 Å². The average Bonchev–Trinajstić information content (AvgIpc) is 2.55. The molecule has 1 aromatic rings. The Hall–Kier alpha value is -0.820. The summed E-state index contributed by atoms with van der Waals surface area (Å²) in [5, 5.41) is 0. The number of hydrogen-bond acceptors (Lipinski definition) is 1. The normalized spacial score (nSPS) is 24.9. The van der Waals surface area contributed by atoms with Crippen LogP contribution in [0.3, 0.4) is 0 Å². The highest BCUT2D eigenvalue weighted by Crippen LogP contribution is 2.47. The Bertz CT molecular complexity index is 386. The molecule has 1 aliphatic rings. The van der Waals surface area contributed by atoms with Crippen molar-refractivity contribution in [2.24, 2.45) is 17.1 Å². The van der Waals surface area contributed by atoms with Crippen LogP contribution in [-0.4, -0.2) is 0 Å². The molecule has 94 valence electrons. The second-order valence-electron chi connectivity index (χ2n) is 6.43. The van der Waals surface area contributed by atoms with Gasteiger partial charge in [-0.05, 0) is 43.6 Å². The molecule has 2 N–H and O–H groups in total. The molecule has 0 bridgehead atoms. The minimum Gasteiger partial charge on any atom is -0.324 e. The van der Waals surface area contributed by atoms with Gasteiger partial charge in [0.25, 0.3) is 0 Å². The molecule has 0 saturated heterocycles. The molecule has 1 saturated carbocycles. The Morgan fingerprint density at radius 2 is 1.76 bits per heavy atom. The molecule has 0 amide bonds. The maximum atomic E-state index is 6.51. The summed E-state index contributed by atoms with van der Waals surface area (Å²) < 4.78 is 0. The molecule has 2 unspecified atom stereocenters. The van der Waals surface area contributed by atoms with Crippen LogP contribution < -0.4 is 5.73 Å². The molecule has 2 rings (SSSR count). The molecule has 1 aliphatic carbocycles. The fourth-order valence-corrected chi connectivity index (χ4v) is 3.45. The van der Waals surface area contributed by atoms with Gasteiger partial charge in [0.2, 0.25) is 0 Å². The third-order valence-corrected chi connectivity index (χ3v) is 4.40. The van der Waals surface area contributed by atoms with Crippen molar-refractivity contribution >= 4 is 0 Å². The lowest BCUT2D eigenvalue weighted by Gasteiger charge is -2.32. The molecular weight excluding hydrogens is 206 g/mol. The van der Waals surface area contributed by atoms with Gasteiger partial charge in [-0.25, -0.2) is 0 Å². The Morgan fingerprint density at radius 3 is 2.24 bits per heavy atom. The van der Waals surface area contributed by atoms with E-state index in [1.54, 1.807) is 0 Å². The fraction of sp³-hybridized carbons (Fsp3) is 0.625. The predicted molar refractivity (Wildman–Crippen MR) is 74.0 cm³/mol. The summed E-state index contributed by atoms with van der Waals surface area (Å²) in [5.74, 6) is 0.628. The third kappa shape index (κ3) is 2.55. The van der Waals surface area contributed by atoms with Crippen LogP contribution in [0.4, 0.5) is 0 Å². The molecule has 17 heavy (non-hydrogen) atoms. The third-order valence-electron chi connectivity index (χ3n) is 4.40. The number of hydrogen-bond donors (Lipinski definition) is 1. The number of rotatable bonds is 2. The maximum absolute atomic E-state index is 6.51. The van der Waals surface area contributed by atoms with Gasteiger partial charge in [0.15, 0.2) is 0 Å². The quantitative estimate of drug-likeness (QED) is 0.813. The van der Waals surface area contributed by atoms with Crippen molar-refractivity contribution in [2.75, 3.05) is 0 Å². The molecule has 0 aromatic heterocycles. The van der Waals surface area contributed by atoms with E-state index in [4.69, 9.17) is 5.73 Å². The lowest BCUT2D eigenvalue weighted by Crippen LogP contribution is -2.29. The first-order valence-electron chi connectivity index (χ1n) is 6.74. The number of nitrogens with two attached hydrogens (primary N) is 1. The van der Waals surface area contributed by atoms with E-state index in [0.29, 0.717) is 11.3 Å². The standard InChI is InChI=1S/C16H25N/c1-11-8-12(2)10-13(9-11)15(17)14-6-5-7-16(14,3)4/h8-10,14-15H,5-7,17H2,1-4H3. The molecule has 1 nitrogen and oxygen atoms in total. The van der Waals surface area contributed by atoms with Crippen molar-refractivity contribution in [3.63, 3.8) is 0 Å². The summed E-state index contributed by atoms with van der Waals surface area (Å²) in [4.78, 5) is 0. The van der Waals surface area contributed by atoms with Crippen LogP contribution in [0.1, 0.15) is 55.8 Å². The van der Waals surface area contributed by atoms with Gasteiger partial charge in [0.1, 0.15) is 0 Å². The van der Waals surface area contributed by atoms with E-state index in [-0.39, 0.29) is 6.04 Å². The zero-order valence-corrected chi connectivity index (χ0v) is 11.6. The largest absolute Gasteiger partial charge is 0.324 e. The Kier molecular flexibility index (Phi) is 3.31. The number of aryl methyl sites for hydroxylation is 2. The summed E-state index contributed by atoms with van der Waals surface area (Å²) in [5.41, 5.74) is 10.9. The second-order valence-corrected chi connectivity index (χ2v) is 6.43. The second kappa shape index (κ2) is 4.45. The van der Waals surface area contributed by atoms with E-state index in [1.165, 1.54) is 36.0 Å². The first-order valence-corrected chi connectivity index (χ1v) is 6.74. The Morgan fingerprint density at radius 1 is 1.18 bits per heavy atom. The van der Waals surface area contributed by atoms with Crippen molar-refractivity contribution in [2.45, 2.75) is 53.0 Å². The highest BCUT2D eigenvalue weighted by molar-refractivity contribution is 5.31. The van der Waals surface area contributed by atoms with Crippen LogP contribution in [0.25, 0.3) is 0 Å². The van der Waals surface area contributed by atoms with Gasteiger partial charge in [-0.3, -0.25) is 0 Å². The molecule has 0 radical (unpaired) electrons. The monoisotopic (exact) mass is 231 g/mol. The van der Waals surface area contributed by atoms with Crippen LogP contribution in [0, 0.1) is 25.2 Å². The van der Waals surface area contributed by atoms with Crippen molar-refractivity contribution in [1.82, 2.24) is 0 Å². The SMILES string of the molecule is Cc1cc(C)cc(C(N)C2CCCC2(C)C)c1. The van der Waals surface area contributed by atoms with Gasteiger partial charge in [-0.15, -0.1) is 0 Å². The van der Waals surface area contributed by atoms with Gasteiger partial charge in [-0.1, -0.05) is 49.6 Å². The van der Waals surface area contributed by atoms with E-state index in [1.807, 2.05) is 0 Å². The zero-order chi connectivity index (χ0) is 12.6. The Labute approximate surface area is 105 Å². The molecule has 1 fully saturated rings. The highest BCUT2D eigenvalue weighted by atomic mass is 14.7. The molecule has 0 spiro atoms. The van der Waals surface area contributed by atoms with Gasteiger partial charge in [0.05, 0.1) is 0 Å². The van der Waals surface area contributed by atoms with Crippen LogP contribution in [-0.2, 0) is 0 Å². The van der Waals surface area contributed by atoms with Gasteiger partial charge >= 0.3 is 0 Å². The summed E-state index contributed by atoms with van der Waals surface area (Å²) >= 11 is 0. The van der Waals surface area contributed by atoms with E-state index < -0.39 is 0 Å². The molecule has 0 aliphatic heterocycles. The van der Waals surface area contributed by atoms with Crippen LogP contribution in [0.5, 0.6) is 0 Å². The van der Waals surface area contributed by atoms with Crippen molar-refractivity contribution in [3.8, 4) is 0 Å². The van der Waals surface area contributed by atoms with Gasteiger partial charge < -0.3 is 5.73 Å². The molecular formula is C16H25N. The van der Waals surface area contributed by atoms with Crippen LogP contribution >= 0.6 is 0 Å². The van der Waals surface area contributed by atoms with E-state index in [0.717, 1.165) is 0 Å². The summed E-state index contributed by atoms with van der Waals surface area (Å²) in [6, 6.07) is 6.93. The average molecular weight is 231 g/mol. The first kappa shape index (κ1) is 12.6. The van der Waals surface area contributed by atoms with Crippen molar-refractivity contribution < 1.29 is 0 Å². The van der Waals surface area contributed by atoms with Crippen molar-refractivity contribution in [1.29, 1.82) is 0 Å². The molecule has 0 heterocycles. The topological polar surface area (TPSA) is 26.0 Å². The summed E-state index contributed by atoms with van der Waals surface area (Å²) in [6.07, 6.45) is 3.92. The zero-order valence-electron chi connectivity index (χ0n) is 11.6. The minimum absolute atomic E-state index is 0.200. The van der Waals surface area contributed by atoms with E-state index in [2.05, 4.69) is 45.9 Å².